The maximum atomic E-state index is 6.05. The first-order valence-electron chi connectivity index (χ1n) is 10.8. The smallest absolute Gasteiger partial charge is 0.161 e. The molecule has 4 rings (SSSR count). The van der Waals surface area contributed by atoms with Crippen LogP contribution in [0, 0.1) is 0 Å². The van der Waals surface area contributed by atoms with Gasteiger partial charge in [0.1, 0.15) is 5.82 Å². The van der Waals surface area contributed by atoms with Crippen LogP contribution >= 0.6 is 11.8 Å². The molecule has 1 heterocycles. The number of benzene rings is 3. The summed E-state index contributed by atoms with van der Waals surface area (Å²) in [6.07, 6.45) is 3.58. The molecule has 32 heavy (non-hydrogen) atoms. The van der Waals surface area contributed by atoms with Gasteiger partial charge in [-0.25, -0.2) is 4.98 Å². The van der Waals surface area contributed by atoms with Crippen molar-refractivity contribution in [2.24, 2.45) is 0 Å². The van der Waals surface area contributed by atoms with Crippen LogP contribution in [0.3, 0.4) is 0 Å². The summed E-state index contributed by atoms with van der Waals surface area (Å²) in [5.74, 6) is 3.46. The molecule has 0 atom stereocenters. The largest absolute Gasteiger partial charge is 0.493 e. The van der Waals surface area contributed by atoms with E-state index in [2.05, 4.69) is 59.7 Å². The van der Waals surface area contributed by atoms with Crippen LogP contribution in [-0.4, -0.2) is 23.3 Å². The standard InChI is InChI=1S/C27H28N2O2S/c1-3-10-21-15-16-25(26(19-21)30-2)31-18-9-17-29-24-14-8-7-13-23(24)28-27(29)20-32-22-11-5-4-6-12-22/h3-8,11-16,19H,1,9-10,17-18,20H2,2H3. The van der Waals surface area contributed by atoms with Gasteiger partial charge in [-0.1, -0.05) is 42.5 Å². The lowest BCUT2D eigenvalue weighted by atomic mass is 10.1. The minimum absolute atomic E-state index is 0.606. The van der Waals surface area contributed by atoms with Crippen molar-refractivity contribution in [3.63, 3.8) is 0 Å². The molecular formula is C27H28N2O2S. The summed E-state index contributed by atoms with van der Waals surface area (Å²) >= 11 is 1.81. The number of aromatic nitrogens is 2. The predicted octanol–water partition coefficient (Wildman–Crippen LogP) is 6.53. The average Bonchev–Trinajstić information content (AvgIpc) is 3.19. The van der Waals surface area contributed by atoms with Gasteiger partial charge in [-0.2, -0.15) is 0 Å². The van der Waals surface area contributed by atoms with Crippen LogP contribution in [0.1, 0.15) is 17.8 Å². The topological polar surface area (TPSA) is 36.3 Å². The first-order chi connectivity index (χ1) is 15.8. The van der Waals surface area contributed by atoms with Crippen molar-refractivity contribution in [2.45, 2.75) is 30.0 Å². The van der Waals surface area contributed by atoms with Gasteiger partial charge in [0.05, 0.1) is 30.5 Å². The Morgan fingerprint density at radius 3 is 2.62 bits per heavy atom. The number of para-hydroxylation sites is 2. The first-order valence-corrected chi connectivity index (χ1v) is 11.8. The minimum atomic E-state index is 0.606. The summed E-state index contributed by atoms with van der Waals surface area (Å²) in [4.78, 5) is 6.14. The van der Waals surface area contributed by atoms with E-state index in [1.54, 1.807) is 7.11 Å². The van der Waals surface area contributed by atoms with E-state index in [-0.39, 0.29) is 0 Å². The second-order valence-electron chi connectivity index (χ2n) is 7.45. The Labute approximate surface area is 193 Å². The van der Waals surface area contributed by atoms with Crippen LogP contribution in [0.4, 0.5) is 0 Å². The number of thioether (sulfide) groups is 1. The van der Waals surface area contributed by atoms with E-state index in [0.29, 0.717) is 6.61 Å². The number of ether oxygens (including phenoxy) is 2. The van der Waals surface area contributed by atoms with Gasteiger partial charge in [0, 0.05) is 11.4 Å². The van der Waals surface area contributed by atoms with Gasteiger partial charge in [0.15, 0.2) is 11.5 Å². The van der Waals surface area contributed by atoms with Crippen molar-refractivity contribution in [3.05, 3.63) is 96.8 Å². The summed E-state index contributed by atoms with van der Waals surface area (Å²) in [6, 6.07) is 24.8. The molecule has 0 spiro atoms. The zero-order valence-corrected chi connectivity index (χ0v) is 19.2. The molecule has 1 aromatic heterocycles. The van der Waals surface area contributed by atoms with Crippen LogP contribution in [0.5, 0.6) is 11.5 Å². The van der Waals surface area contributed by atoms with E-state index in [1.165, 1.54) is 10.4 Å². The van der Waals surface area contributed by atoms with Crippen LogP contribution < -0.4 is 9.47 Å². The van der Waals surface area contributed by atoms with Crippen molar-refractivity contribution in [3.8, 4) is 11.5 Å². The first kappa shape index (κ1) is 22.0. The molecule has 0 bridgehead atoms. The lowest BCUT2D eigenvalue weighted by molar-refractivity contribution is 0.282. The molecule has 0 saturated heterocycles. The van der Waals surface area contributed by atoms with Gasteiger partial charge in [0.2, 0.25) is 0 Å². The molecule has 0 fully saturated rings. The molecule has 0 amide bonds. The molecule has 3 aromatic carbocycles. The highest BCUT2D eigenvalue weighted by Gasteiger charge is 2.11. The highest BCUT2D eigenvalue weighted by molar-refractivity contribution is 7.98. The minimum Gasteiger partial charge on any atom is -0.493 e. The van der Waals surface area contributed by atoms with Crippen molar-refractivity contribution >= 4 is 22.8 Å². The van der Waals surface area contributed by atoms with Crippen LogP contribution in [0.2, 0.25) is 0 Å². The molecule has 0 saturated carbocycles. The van der Waals surface area contributed by atoms with E-state index in [4.69, 9.17) is 14.5 Å². The van der Waals surface area contributed by atoms with Gasteiger partial charge < -0.3 is 14.0 Å². The van der Waals surface area contributed by atoms with Crippen molar-refractivity contribution in [1.82, 2.24) is 9.55 Å². The number of allylic oxidation sites excluding steroid dienone is 1. The monoisotopic (exact) mass is 444 g/mol. The summed E-state index contributed by atoms with van der Waals surface area (Å²) in [5.41, 5.74) is 3.37. The molecule has 0 unspecified atom stereocenters. The number of nitrogens with zero attached hydrogens (tertiary/aromatic N) is 2. The third-order valence-corrected chi connectivity index (χ3v) is 6.24. The zero-order valence-electron chi connectivity index (χ0n) is 18.4. The molecule has 164 valence electrons. The van der Waals surface area contributed by atoms with Gasteiger partial charge in [-0.3, -0.25) is 0 Å². The zero-order chi connectivity index (χ0) is 22.2. The number of hydrogen-bond donors (Lipinski definition) is 0. The number of fused-ring (bicyclic) bond motifs is 1. The quantitative estimate of drug-likeness (QED) is 0.150. The number of aryl methyl sites for hydroxylation is 1. The summed E-state index contributed by atoms with van der Waals surface area (Å²) < 4.78 is 13.9. The highest BCUT2D eigenvalue weighted by Crippen LogP contribution is 2.29. The van der Waals surface area contributed by atoms with Gasteiger partial charge in [-0.05, 0) is 54.8 Å². The normalized spacial score (nSPS) is 10.9. The second-order valence-corrected chi connectivity index (χ2v) is 8.50. The Bertz CT molecular complexity index is 1170. The van der Waals surface area contributed by atoms with Crippen LogP contribution in [0.15, 0.2) is 90.3 Å². The lowest BCUT2D eigenvalue weighted by Crippen LogP contribution is -2.08. The molecule has 4 nitrogen and oxygen atoms in total. The fraction of sp³-hybridized carbons (Fsp3) is 0.222. The number of methoxy groups -OCH3 is 1. The molecule has 0 radical (unpaired) electrons. The third-order valence-electron chi connectivity index (χ3n) is 5.24. The SMILES string of the molecule is C=CCc1ccc(OCCCn2c(CSc3ccccc3)nc3ccccc32)c(OC)c1. The van der Waals surface area contributed by atoms with Gasteiger partial charge in [0.25, 0.3) is 0 Å². The van der Waals surface area contributed by atoms with Crippen molar-refractivity contribution in [2.75, 3.05) is 13.7 Å². The van der Waals surface area contributed by atoms with Gasteiger partial charge >= 0.3 is 0 Å². The lowest BCUT2D eigenvalue weighted by Gasteiger charge is -2.13. The Morgan fingerprint density at radius 2 is 1.81 bits per heavy atom. The van der Waals surface area contributed by atoms with E-state index in [9.17, 15) is 0 Å². The van der Waals surface area contributed by atoms with E-state index >= 15 is 0 Å². The number of imidazole rings is 1. The third kappa shape index (κ3) is 5.35. The fourth-order valence-corrected chi connectivity index (χ4v) is 4.55. The summed E-state index contributed by atoms with van der Waals surface area (Å²) in [7, 11) is 1.67. The average molecular weight is 445 g/mol. The van der Waals surface area contributed by atoms with Crippen LogP contribution in [0.25, 0.3) is 11.0 Å². The van der Waals surface area contributed by atoms with E-state index in [0.717, 1.165) is 53.5 Å². The molecular weight excluding hydrogens is 416 g/mol. The second kappa shape index (κ2) is 10.9. The van der Waals surface area contributed by atoms with Crippen molar-refractivity contribution < 1.29 is 9.47 Å². The summed E-state index contributed by atoms with van der Waals surface area (Å²) in [6.45, 7) is 5.25. The van der Waals surface area contributed by atoms with E-state index in [1.807, 2.05) is 42.1 Å². The molecule has 0 aliphatic carbocycles. The van der Waals surface area contributed by atoms with E-state index < -0.39 is 0 Å². The number of hydrogen-bond acceptors (Lipinski definition) is 4. The molecule has 0 aliphatic heterocycles. The molecule has 5 heteroatoms. The summed E-state index contributed by atoms with van der Waals surface area (Å²) in [5, 5.41) is 0. The molecule has 0 N–H and O–H groups in total. The molecule has 4 aromatic rings. The number of rotatable bonds is 11. The Balaban J connectivity index is 1.42. The van der Waals surface area contributed by atoms with Gasteiger partial charge in [-0.15, -0.1) is 18.3 Å². The Kier molecular flexibility index (Phi) is 7.51. The van der Waals surface area contributed by atoms with Crippen LogP contribution in [-0.2, 0) is 18.7 Å². The predicted molar refractivity (Wildman–Crippen MR) is 133 cm³/mol. The highest BCUT2D eigenvalue weighted by atomic mass is 32.2. The Hall–Kier alpha value is -3.18. The van der Waals surface area contributed by atoms with Crippen molar-refractivity contribution in [1.29, 1.82) is 0 Å². The fourth-order valence-electron chi connectivity index (χ4n) is 3.68. The maximum Gasteiger partial charge on any atom is 0.161 e. The maximum absolute atomic E-state index is 6.05. The Morgan fingerprint density at radius 1 is 1.00 bits per heavy atom. The molecule has 0 aliphatic rings.